The molecule has 21 heavy (non-hydrogen) atoms. The molecule has 110 valence electrons. The number of phenols is 1. The largest absolute Gasteiger partial charge is 0.508 e. The summed E-state index contributed by atoms with van der Waals surface area (Å²) in [5.41, 5.74) is 3.57. The number of benzene rings is 2. The topological polar surface area (TPSA) is 43.7 Å². The van der Waals surface area contributed by atoms with Crippen LogP contribution in [0.25, 0.3) is 11.1 Å². The molecule has 0 aromatic heterocycles. The molecule has 0 aliphatic carbocycles. The Labute approximate surface area is 125 Å². The monoisotopic (exact) mass is 283 g/mol. The zero-order valence-corrected chi connectivity index (χ0v) is 12.1. The second-order valence-corrected chi connectivity index (χ2v) is 5.75. The molecule has 0 spiro atoms. The number of aromatic hydroxyl groups is 1. The third-order valence-corrected chi connectivity index (χ3v) is 4.09. The van der Waals surface area contributed by atoms with Gasteiger partial charge in [-0.3, -0.25) is 4.90 Å². The van der Waals surface area contributed by atoms with Crippen molar-refractivity contribution >= 4 is 0 Å². The Hall–Kier alpha value is -1.84. The van der Waals surface area contributed by atoms with Gasteiger partial charge in [0.15, 0.2) is 0 Å². The number of aliphatic hydroxyl groups excluding tert-OH is 1. The van der Waals surface area contributed by atoms with Crippen LogP contribution in [0.15, 0.2) is 48.5 Å². The maximum absolute atomic E-state index is 9.56. The number of nitrogens with zero attached hydrogens (tertiary/aromatic N) is 1. The first-order chi connectivity index (χ1) is 10.2. The molecular formula is C18H21NO2. The lowest BCUT2D eigenvalue weighted by molar-refractivity contribution is 0.0792. The highest BCUT2D eigenvalue weighted by Gasteiger charge is 2.16. The van der Waals surface area contributed by atoms with E-state index in [9.17, 15) is 10.2 Å². The van der Waals surface area contributed by atoms with Crippen molar-refractivity contribution in [3.63, 3.8) is 0 Å². The molecule has 1 saturated heterocycles. The molecule has 2 N–H and O–H groups in total. The van der Waals surface area contributed by atoms with Crippen LogP contribution >= 0.6 is 0 Å². The van der Waals surface area contributed by atoms with Gasteiger partial charge in [0.05, 0.1) is 6.10 Å². The number of piperidine rings is 1. The number of rotatable bonds is 3. The summed E-state index contributed by atoms with van der Waals surface area (Å²) in [4.78, 5) is 2.39. The lowest BCUT2D eigenvalue weighted by atomic mass is 10.0. The molecule has 2 aromatic carbocycles. The predicted octanol–water partition coefficient (Wildman–Crippen LogP) is 3.02. The fourth-order valence-electron chi connectivity index (χ4n) is 2.84. The van der Waals surface area contributed by atoms with Crippen molar-refractivity contribution in [1.29, 1.82) is 0 Å². The third-order valence-electron chi connectivity index (χ3n) is 4.09. The fourth-order valence-corrected chi connectivity index (χ4v) is 2.84. The Morgan fingerprint density at radius 2 is 1.67 bits per heavy atom. The highest BCUT2D eigenvalue weighted by Crippen LogP contribution is 2.23. The standard InChI is InChI=1S/C18H21NO2/c20-17-6-4-15(5-7-17)16-3-1-2-14(12-16)13-19-10-8-18(21)9-11-19/h1-7,12,18,20-21H,8-11,13H2. The number of likely N-dealkylation sites (tertiary alicyclic amines) is 1. The van der Waals surface area contributed by atoms with E-state index in [0.717, 1.165) is 38.0 Å². The van der Waals surface area contributed by atoms with Crippen molar-refractivity contribution in [2.45, 2.75) is 25.5 Å². The summed E-state index contributed by atoms with van der Waals surface area (Å²) in [6.45, 7) is 2.86. The summed E-state index contributed by atoms with van der Waals surface area (Å²) in [5.74, 6) is 0.293. The third kappa shape index (κ3) is 3.63. The lowest BCUT2D eigenvalue weighted by Gasteiger charge is -2.29. The van der Waals surface area contributed by atoms with Gasteiger partial charge in [0, 0.05) is 19.6 Å². The molecule has 0 saturated carbocycles. The molecular weight excluding hydrogens is 262 g/mol. The molecule has 0 radical (unpaired) electrons. The van der Waals surface area contributed by atoms with E-state index in [2.05, 4.69) is 29.2 Å². The lowest BCUT2D eigenvalue weighted by Crippen LogP contribution is -2.35. The van der Waals surface area contributed by atoms with Gasteiger partial charge in [-0.1, -0.05) is 30.3 Å². The Morgan fingerprint density at radius 3 is 2.38 bits per heavy atom. The molecule has 1 heterocycles. The molecule has 0 unspecified atom stereocenters. The van der Waals surface area contributed by atoms with Crippen molar-refractivity contribution in [2.75, 3.05) is 13.1 Å². The van der Waals surface area contributed by atoms with Gasteiger partial charge in [-0.25, -0.2) is 0 Å². The molecule has 0 atom stereocenters. The number of hydrogen-bond donors (Lipinski definition) is 2. The highest BCUT2D eigenvalue weighted by molar-refractivity contribution is 5.64. The van der Waals surface area contributed by atoms with Gasteiger partial charge in [0.25, 0.3) is 0 Å². The van der Waals surface area contributed by atoms with Crippen molar-refractivity contribution in [2.24, 2.45) is 0 Å². The van der Waals surface area contributed by atoms with Crippen molar-refractivity contribution in [1.82, 2.24) is 4.90 Å². The summed E-state index contributed by atoms with van der Waals surface area (Å²) < 4.78 is 0. The van der Waals surface area contributed by atoms with E-state index >= 15 is 0 Å². The van der Waals surface area contributed by atoms with Gasteiger partial charge < -0.3 is 10.2 Å². The van der Waals surface area contributed by atoms with Crippen LogP contribution in [0.4, 0.5) is 0 Å². The Morgan fingerprint density at radius 1 is 0.952 bits per heavy atom. The minimum atomic E-state index is -0.121. The first-order valence-corrected chi connectivity index (χ1v) is 7.49. The van der Waals surface area contributed by atoms with Crippen LogP contribution in [0, 0.1) is 0 Å². The van der Waals surface area contributed by atoms with E-state index in [1.807, 2.05) is 12.1 Å². The van der Waals surface area contributed by atoms with Crippen LogP contribution in [0.3, 0.4) is 0 Å². The molecule has 3 heteroatoms. The average Bonchev–Trinajstić information content (AvgIpc) is 2.51. The van der Waals surface area contributed by atoms with E-state index in [1.165, 1.54) is 11.1 Å². The van der Waals surface area contributed by atoms with Crippen molar-refractivity contribution in [3.8, 4) is 16.9 Å². The molecule has 2 aromatic rings. The number of hydrogen-bond acceptors (Lipinski definition) is 3. The molecule has 3 rings (SSSR count). The van der Waals surface area contributed by atoms with E-state index < -0.39 is 0 Å². The first-order valence-electron chi connectivity index (χ1n) is 7.49. The van der Waals surface area contributed by atoms with Gasteiger partial charge >= 0.3 is 0 Å². The second kappa shape index (κ2) is 6.29. The number of aliphatic hydroxyl groups is 1. The second-order valence-electron chi connectivity index (χ2n) is 5.75. The summed E-state index contributed by atoms with van der Waals surface area (Å²) in [6, 6.07) is 15.8. The van der Waals surface area contributed by atoms with Crippen LogP contribution in [0.5, 0.6) is 5.75 Å². The molecule has 3 nitrogen and oxygen atoms in total. The quantitative estimate of drug-likeness (QED) is 0.910. The summed E-state index contributed by atoms with van der Waals surface area (Å²) >= 11 is 0. The zero-order chi connectivity index (χ0) is 14.7. The van der Waals surface area contributed by atoms with Crippen molar-refractivity contribution < 1.29 is 10.2 Å². The maximum atomic E-state index is 9.56. The minimum Gasteiger partial charge on any atom is -0.508 e. The van der Waals surface area contributed by atoms with E-state index in [-0.39, 0.29) is 6.10 Å². The van der Waals surface area contributed by atoms with Crippen molar-refractivity contribution in [3.05, 3.63) is 54.1 Å². The van der Waals surface area contributed by atoms with Gasteiger partial charge in [0.2, 0.25) is 0 Å². The van der Waals surface area contributed by atoms with Gasteiger partial charge in [-0.2, -0.15) is 0 Å². The fraction of sp³-hybridized carbons (Fsp3) is 0.333. The van der Waals surface area contributed by atoms with Gasteiger partial charge in [-0.05, 0) is 47.7 Å². The van der Waals surface area contributed by atoms with Gasteiger partial charge in [-0.15, -0.1) is 0 Å². The Balaban J connectivity index is 1.72. The molecule has 0 amide bonds. The summed E-state index contributed by atoms with van der Waals surface area (Å²) in [6.07, 6.45) is 1.62. The first kappa shape index (κ1) is 14.1. The molecule has 1 fully saturated rings. The normalized spacial score (nSPS) is 17.0. The van der Waals surface area contributed by atoms with E-state index in [1.54, 1.807) is 12.1 Å². The average molecular weight is 283 g/mol. The van der Waals surface area contributed by atoms with E-state index in [0.29, 0.717) is 5.75 Å². The van der Waals surface area contributed by atoms with Crippen LogP contribution < -0.4 is 0 Å². The van der Waals surface area contributed by atoms with Crippen LogP contribution in [0.1, 0.15) is 18.4 Å². The highest BCUT2D eigenvalue weighted by atomic mass is 16.3. The zero-order valence-electron chi connectivity index (χ0n) is 12.1. The Bertz CT molecular complexity index is 586. The minimum absolute atomic E-state index is 0.121. The molecule has 1 aliphatic rings. The summed E-state index contributed by atoms with van der Waals surface area (Å²) in [5, 5.41) is 18.9. The summed E-state index contributed by atoms with van der Waals surface area (Å²) in [7, 11) is 0. The maximum Gasteiger partial charge on any atom is 0.115 e. The molecule has 0 bridgehead atoms. The number of phenolic OH excluding ortho intramolecular Hbond substituents is 1. The van der Waals surface area contributed by atoms with Crippen LogP contribution in [-0.4, -0.2) is 34.3 Å². The SMILES string of the molecule is Oc1ccc(-c2cccc(CN3CCC(O)CC3)c2)cc1. The van der Waals surface area contributed by atoms with Crippen LogP contribution in [-0.2, 0) is 6.54 Å². The molecule has 1 aliphatic heterocycles. The van der Waals surface area contributed by atoms with Gasteiger partial charge in [0.1, 0.15) is 5.75 Å². The van der Waals surface area contributed by atoms with E-state index in [4.69, 9.17) is 0 Å². The predicted molar refractivity (Wildman–Crippen MR) is 84.1 cm³/mol. The smallest absolute Gasteiger partial charge is 0.115 e. The Kier molecular flexibility index (Phi) is 4.23. The van der Waals surface area contributed by atoms with Crippen LogP contribution in [0.2, 0.25) is 0 Å².